The minimum atomic E-state index is -0.364. The molecule has 1 aliphatic rings. The fraction of sp³-hybridized carbons (Fsp3) is 0.286. The second-order valence-corrected chi connectivity index (χ2v) is 4.69. The number of halogens is 1. The first-order chi connectivity index (χ1) is 8.70. The summed E-state index contributed by atoms with van der Waals surface area (Å²) in [5.74, 6) is -0.364. The summed E-state index contributed by atoms with van der Waals surface area (Å²) >= 11 is 0. The maximum Gasteiger partial charge on any atom is 0.151 e. The fourth-order valence-electron chi connectivity index (χ4n) is 2.53. The smallest absolute Gasteiger partial charge is 0.151 e. The van der Waals surface area contributed by atoms with E-state index in [9.17, 15) is 9.18 Å². The van der Waals surface area contributed by atoms with Crippen LogP contribution in [0.15, 0.2) is 18.2 Å². The molecule has 0 radical (unpaired) electrons. The normalized spacial score (nSPS) is 15.7. The second-order valence-electron chi connectivity index (χ2n) is 4.69. The molecule has 3 rings (SSSR count). The number of pyridine rings is 1. The Labute approximate surface area is 104 Å². The lowest BCUT2D eigenvalue weighted by Crippen LogP contribution is -2.28. The summed E-state index contributed by atoms with van der Waals surface area (Å²) in [7, 11) is 2.01. The van der Waals surface area contributed by atoms with Crippen LogP contribution >= 0.6 is 0 Å². The van der Waals surface area contributed by atoms with Gasteiger partial charge in [0.1, 0.15) is 11.3 Å². The molecular weight excluding hydrogens is 231 g/mol. The Balaban J connectivity index is 2.37. The van der Waals surface area contributed by atoms with Crippen LogP contribution in [-0.4, -0.2) is 29.8 Å². The molecule has 3 nitrogen and oxygen atoms in total. The Kier molecular flexibility index (Phi) is 2.59. The van der Waals surface area contributed by atoms with Gasteiger partial charge in [0, 0.05) is 36.2 Å². The van der Waals surface area contributed by atoms with E-state index < -0.39 is 0 Å². The van der Waals surface area contributed by atoms with E-state index in [-0.39, 0.29) is 5.82 Å². The molecule has 18 heavy (non-hydrogen) atoms. The van der Waals surface area contributed by atoms with Crippen molar-refractivity contribution in [1.29, 1.82) is 0 Å². The monoisotopic (exact) mass is 244 g/mol. The number of likely N-dealkylation sites (N-methyl/N-ethyl adjacent to an activating group) is 1. The van der Waals surface area contributed by atoms with Crippen LogP contribution in [0.4, 0.5) is 4.39 Å². The molecule has 1 aromatic carbocycles. The van der Waals surface area contributed by atoms with Gasteiger partial charge in [0.25, 0.3) is 0 Å². The van der Waals surface area contributed by atoms with Crippen molar-refractivity contribution in [3.8, 4) is 0 Å². The van der Waals surface area contributed by atoms with Crippen LogP contribution in [0, 0.1) is 5.82 Å². The number of rotatable bonds is 1. The third kappa shape index (κ3) is 1.61. The van der Waals surface area contributed by atoms with Crippen molar-refractivity contribution in [1.82, 2.24) is 9.88 Å². The number of aromatic nitrogens is 1. The van der Waals surface area contributed by atoms with Gasteiger partial charge in [-0.05, 0) is 18.7 Å². The summed E-state index contributed by atoms with van der Waals surface area (Å²) in [6.07, 6.45) is 1.58. The Morgan fingerprint density at radius 2 is 2.28 bits per heavy atom. The highest BCUT2D eigenvalue weighted by molar-refractivity contribution is 5.98. The molecule has 0 fully saturated rings. The van der Waals surface area contributed by atoms with Crippen LogP contribution in [0.25, 0.3) is 10.9 Å². The lowest BCUT2D eigenvalue weighted by molar-refractivity contribution is 0.112. The minimum Gasteiger partial charge on any atom is -0.302 e. The number of carbonyl (C=O) groups excluding carboxylic acids is 1. The number of hydrogen-bond acceptors (Lipinski definition) is 3. The van der Waals surface area contributed by atoms with Crippen LogP contribution in [0.1, 0.15) is 21.6 Å². The van der Waals surface area contributed by atoms with E-state index in [1.807, 2.05) is 7.05 Å². The Morgan fingerprint density at radius 1 is 1.44 bits per heavy atom. The molecule has 0 atom stereocenters. The van der Waals surface area contributed by atoms with Gasteiger partial charge in [0.2, 0.25) is 0 Å². The molecule has 0 bridgehead atoms. The molecule has 92 valence electrons. The number of hydrogen-bond donors (Lipinski definition) is 0. The highest BCUT2D eigenvalue weighted by atomic mass is 19.1. The van der Waals surface area contributed by atoms with Crippen molar-refractivity contribution in [3.63, 3.8) is 0 Å². The minimum absolute atomic E-state index is 0.308. The van der Waals surface area contributed by atoms with Crippen LogP contribution in [-0.2, 0) is 13.0 Å². The molecule has 2 aromatic rings. The maximum atomic E-state index is 13.8. The molecule has 2 heterocycles. The fourth-order valence-corrected chi connectivity index (χ4v) is 2.53. The molecule has 0 saturated heterocycles. The van der Waals surface area contributed by atoms with Crippen molar-refractivity contribution < 1.29 is 9.18 Å². The number of para-hydroxylation sites is 1. The first kappa shape index (κ1) is 11.3. The number of benzene rings is 1. The van der Waals surface area contributed by atoms with Crippen molar-refractivity contribution in [2.75, 3.05) is 13.6 Å². The molecule has 4 heteroatoms. The lowest BCUT2D eigenvalue weighted by atomic mass is 9.97. The predicted octanol–water partition coefficient (Wildman–Crippen LogP) is 2.17. The van der Waals surface area contributed by atoms with Crippen LogP contribution in [0.5, 0.6) is 0 Å². The quantitative estimate of drug-likeness (QED) is 0.721. The Bertz CT molecular complexity index is 639. The molecule has 0 amide bonds. The number of aldehydes is 1. The van der Waals surface area contributed by atoms with E-state index in [4.69, 9.17) is 0 Å². The largest absolute Gasteiger partial charge is 0.302 e. The summed E-state index contributed by atoms with van der Waals surface area (Å²) < 4.78 is 13.8. The third-order valence-corrected chi connectivity index (χ3v) is 3.47. The first-order valence-electron chi connectivity index (χ1n) is 5.94. The van der Waals surface area contributed by atoms with Gasteiger partial charge in [0.15, 0.2) is 6.29 Å². The van der Waals surface area contributed by atoms with Crippen molar-refractivity contribution in [2.45, 2.75) is 13.0 Å². The Hall–Kier alpha value is -1.81. The molecule has 1 aliphatic heterocycles. The molecular formula is C14H13FN2O. The maximum absolute atomic E-state index is 13.8. The number of nitrogens with zero attached hydrogens (tertiary/aromatic N) is 2. The third-order valence-electron chi connectivity index (χ3n) is 3.47. The van der Waals surface area contributed by atoms with Gasteiger partial charge in [-0.1, -0.05) is 12.1 Å². The van der Waals surface area contributed by atoms with Crippen LogP contribution < -0.4 is 0 Å². The average Bonchev–Trinajstić information content (AvgIpc) is 2.37. The van der Waals surface area contributed by atoms with Gasteiger partial charge in [-0.3, -0.25) is 4.79 Å². The molecule has 1 aromatic heterocycles. The zero-order valence-corrected chi connectivity index (χ0v) is 10.1. The molecule has 0 aliphatic carbocycles. The molecule has 0 spiro atoms. The van der Waals surface area contributed by atoms with E-state index in [0.717, 1.165) is 30.5 Å². The van der Waals surface area contributed by atoms with Gasteiger partial charge in [-0.2, -0.15) is 0 Å². The summed E-state index contributed by atoms with van der Waals surface area (Å²) in [5.41, 5.74) is 2.69. The summed E-state index contributed by atoms with van der Waals surface area (Å²) in [5, 5.41) is 0.610. The van der Waals surface area contributed by atoms with Crippen molar-refractivity contribution in [2.24, 2.45) is 0 Å². The highest BCUT2D eigenvalue weighted by Gasteiger charge is 2.21. The van der Waals surface area contributed by atoms with Gasteiger partial charge >= 0.3 is 0 Å². The van der Waals surface area contributed by atoms with E-state index >= 15 is 0 Å². The molecule has 0 unspecified atom stereocenters. The average molecular weight is 244 g/mol. The van der Waals surface area contributed by atoms with E-state index in [1.54, 1.807) is 12.1 Å². The van der Waals surface area contributed by atoms with Crippen molar-refractivity contribution >= 4 is 17.2 Å². The first-order valence-corrected chi connectivity index (χ1v) is 5.94. The van der Waals surface area contributed by atoms with Crippen LogP contribution in [0.2, 0.25) is 0 Å². The number of carbonyl (C=O) groups is 1. The van der Waals surface area contributed by atoms with Gasteiger partial charge in [-0.15, -0.1) is 0 Å². The summed E-state index contributed by atoms with van der Waals surface area (Å²) in [6, 6.07) is 4.75. The predicted molar refractivity (Wildman–Crippen MR) is 67.1 cm³/mol. The second kappa shape index (κ2) is 4.14. The summed E-state index contributed by atoms with van der Waals surface area (Å²) in [4.78, 5) is 17.9. The number of fused-ring (bicyclic) bond motifs is 2. The lowest BCUT2D eigenvalue weighted by Gasteiger charge is -2.26. The zero-order chi connectivity index (χ0) is 12.7. The topological polar surface area (TPSA) is 33.2 Å². The van der Waals surface area contributed by atoms with E-state index in [2.05, 4.69) is 9.88 Å². The molecule has 0 N–H and O–H groups in total. The Morgan fingerprint density at radius 3 is 3.06 bits per heavy atom. The van der Waals surface area contributed by atoms with E-state index in [1.165, 1.54) is 6.07 Å². The van der Waals surface area contributed by atoms with Gasteiger partial charge < -0.3 is 4.90 Å². The van der Waals surface area contributed by atoms with Crippen LogP contribution in [0.3, 0.4) is 0 Å². The SMILES string of the molecule is CN1CCc2nc3c(F)cccc3c(C=O)c2C1. The van der Waals surface area contributed by atoms with Crippen molar-refractivity contribution in [3.05, 3.63) is 40.8 Å². The van der Waals surface area contributed by atoms with Gasteiger partial charge in [-0.25, -0.2) is 9.37 Å². The van der Waals surface area contributed by atoms with Gasteiger partial charge in [0.05, 0.1) is 0 Å². The summed E-state index contributed by atoms with van der Waals surface area (Å²) in [6.45, 7) is 1.58. The van der Waals surface area contributed by atoms with E-state index in [0.29, 0.717) is 23.0 Å². The zero-order valence-electron chi connectivity index (χ0n) is 10.1. The molecule has 0 saturated carbocycles. The highest BCUT2D eigenvalue weighted by Crippen LogP contribution is 2.27. The standard InChI is InChI=1S/C14H13FN2O/c1-17-6-5-13-10(7-17)11(8-18)9-3-2-4-12(15)14(9)16-13/h2-4,8H,5-7H2,1H3.